The number of carbonyl (C=O) groups is 1. The molecular weight excluding hydrogens is 306 g/mol. The van der Waals surface area contributed by atoms with Crippen molar-refractivity contribution < 1.29 is 9.72 Å². The lowest BCUT2D eigenvalue weighted by molar-refractivity contribution is -0.384. The van der Waals surface area contributed by atoms with Crippen molar-refractivity contribution in [3.05, 3.63) is 64.2 Å². The van der Waals surface area contributed by atoms with E-state index in [2.05, 4.69) is 17.0 Å². The van der Waals surface area contributed by atoms with Gasteiger partial charge in [-0.05, 0) is 31.2 Å². The highest BCUT2D eigenvalue weighted by Crippen LogP contribution is 2.30. The van der Waals surface area contributed by atoms with Gasteiger partial charge in [-0.15, -0.1) is 0 Å². The minimum Gasteiger partial charge on any atom is -0.368 e. The molecule has 0 spiro atoms. The van der Waals surface area contributed by atoms with E-state index in [4.69, 9.17) is 0 Å². The van der Waals surface area contributed by atoms with Crippen molar-refractivity contribution in [2.45, 2.75) is 6.92 Å². The van der Waals surface area contributed by atoms with Crippen LogP contribution in [0.3, 0.4) is 0 Å². The third-order valence-corrected chi connectivity index (χ3v) is 4.32. The van der Waals surface area contributed by atoms with E-state index in [0.717, 1.165) is 13.1 Å². The van der Waals surface area contributed by atoms with Crippen molar-refractivity contribution in [1.82, 2.24) is 0 Å². The van der Waals surface area contributed by atoms with Gasteiger partial charge in [-0.25, -0.2) is 0 Å². The van der Waals surface area contributed by atoms with Crippen molar-refractivity contribution in [3.8, 4) is 0 Å². The molecule has 6 heteroatoms. The molecule has 1 fully saturated rings. The first-order chi connectivity index (χ1) is 11.6. The first kappa shape index (κ1) is 16.0. The Morgan fingerprint density at radius 2 is 1.62 bits per heavy atom. The number of ketones is 1. The monoisotopic (exact) mass is 325 g/mol. The van der Waals surface area contributed by atoms with Gasteiger partial charge >= 0.3 is 0 Å². The van der Waals surface area contributed by atoms with E-state index >= 15 is 0 Å². The zero-order valence-electron chi connectivity index (χ0n) is 13.5. The number of hydrogen-bond donors (Lipinski definition) is 0. The molecule has 6 nitrogen and oxygen atoms in total. The van der Waals surface area contributed by atoms with Crippen LogP contribution in [0.5, 0.6) is 0 Å². The predicted molar refractivity (Wildman–Crippen MR) is 94.0 cm³/mol. The van der Waals surface area contributed by atoms with Crippen molar-refractivity contribution >= 4 is 22.8 Å². The zero-order valence-corrected chi connectivity index (χ0v) is 13.5. The number of rotatable bonds is 4. The summed E-state index contributed by atoms with van der Waals surface area (Å²) in [6.07, 6.45) is 0. The van der Waals surface area contributed by atoms with Crippen LogP contribution in [-0.4, -0.2) is 36.9 Å². The maximum atomic E-state index is 11.5. The van der Waals surface area contributed by atoms with E-state index < -0.39 is 4.92 Å². The van der Waals surface area contributed by atoms with Gasteiger partial charge in [0.1, 0.15) is 5.69 Å². The van der Waals surface area contributed by atoms with Crippen LogP contribution >= 0.6 is 0 Å². The largest absolute Gasteiger partial charge is 0.368 e. The molecule has 0 aromatic heterocycles. The predicted octanol–water partition coefficient (Wildman–Crippen LogP) is 3.12. The summed E-state index contributed by atoms with van der Waals surface area (Å²) < 4.78 is 0. The van der Waals surface area contributed by atoms with Crippen LogP contribution in [-0.2, 0) is 0 Å². The smallest absolute Gasteiger partial charge is 0.293 e. The maximum Gasteiger partial charge on any atom is 0.293 e. The molecule has 0 bridgehead atoms. The first-order valence-corrected chi connectivity index (χ1v) is 7.90. The minimum atomic E-state index is -0.411. The standard InChI is InChI=1S/C18H19N3O3/c1-14(22)15-7-8-17(18(13-15)21(23)24)20-11-9-19(10-12-20)16-5-3-2-4-6-16/h2-8,13H,9-12H2,1H3. The van der Waals surface area contributed by atoms with Crippen LogP contribution in [0.4, 0.5) is 17.1 Å². The van der Waals surface area contributed by atoms with Gasteiger partial charge < -0.3 is 9.80 Å². The molecule has 0 saturated carbocycles. The number of hydrogen-bond acceptors (Lipinski definition) is 5. The lowest BCUT2D eigenvalue weighted by Gasteiger charge is -2.37. The van der Waals surface area contributed by atoms with Crippen LogP contribution in [0.25, 0.3) is 0 Å². The molecule has 0 unspecified atom stereocenters. The van der Waals surface area contributed by atoms with E-state index in [1.165, 1.54) is 18.7 Å². The van der Waals surface area contributed by atoms with Crippen LogP contribution < -0.4 is 9.80 Å². The van der Waals surface area contributed by atoms with E-state index in [9.17, 15) is 14.9 Å². The molecule has 0 radical (unpaired) electrons. The van der Waals surface area contributed by atoms with Crippen molar-refractivity contribution in [2.24, 2.45) is 0 Å². The fraction of sp³-hybridized carbons (Fsp3) is 0.278. The Morgan fingerprint density at radius 1 is 1.00 bits per heavy atom. The van der Waals surface area contributed by atoms with Gasteiger partial charge in [0.05, 0.1) is 4.92 Å². The van der Waals surface area contributed by atoms with Gasteiger partial charge in [0, 0.05) is 43.5 Å². The summed E-state index contributed by atoms with van der Waals surface area (Å²) in [7, 11) is 0. The summed E-state index contributed by atoms with van der Waals surface area (Å²) in [4.78, 5) is 26.7. The Bertz CT molecular complexity index is 753. The van der Waals surface area contributed by atoms with Crippen LogP contribution in [0.15, 0.2) is 48.5 Å². The number of nitrogens with zero attached hydrogens (tertiary/aromatic N) is 3. The van der Waals surface area contributed by atoms with Crippen molar-refractivity contribution in [2.75, 3.05) is 36.0 Å². The number of piperazine rings is 1. The minimum absolute atomic E-state index is 0.00383. The zero-order chi connectivity index (χ0) is 17.1. The Kier molecular flexibility index (Phi) is 4.46. The SMILES string of the molecule is CC(=O)c1ccc(N2CCN(c3ccccc3)CC2)c([N+](=O)[O-])c1. The third kappa shape index (κ3) is 3.22. The molecule has 2 aromatic rings. The molecular formula is C18H19N3O3. The Morgan fingerprint density at radius 3 is 2.21 bits per heavy atom. The lowest BCUT2D eigenvalue weighted by atomic mass is 10.1. The number of Topliss-reactive ketones (excluding diaryl/α,β-unsaturated/α-hetero) is 1. The molecule has 0 atom stereocenters. The molecule has 0 amide bonds. The van der Waals surface area contributed by atoms with Gasteiger partial charge in [0.15, 0.2) is 5.78 Å². The Balaban J connectivity index is 1.79. The van der Waals surface area contributed by atoms with E-state index in [1.807, 2.05) is 23.1 Å². The molecule has 0 aliphatic carbocycles. The molecule has 1 saturated heterocycles. The fourth-order valence-electron chi connectivity index (χ4n) is 3.00. The third-order valence-electron chi connectivity index (χ3n) is 4.32. The summed E-state index contributed by atoms with van der Waals surface area (Å²) in [6.45, 7) is 4.42. The van der Waals surface area contributed by atoms with Gasteiger partial charge in [0.2, 0.25) is 0 Å². The molecule has 124 valence electrons. The molecule has 2 aromatic carbocycles. The maximum absolute atomic E-state index is 11.5. The number of benzene rings is 2. The van der Waals surface area contributed by atoms with Crippen molar-refractivity contribution in [3.63, 3.8) is 0 Å². The van der Waals surface area contributed by atoms with E-state index in [1.54, 1.807) is 12.1 Å². The van der Waals surface area contributed by atoms with E-state index in [0.29, 0.717) is 24.3 Å². The average molecular weight is 325 g/mol. The summed E-state index contributed by atoms with van der Waals surface area (Å²) in [6, 6.07) is 14.9. The normalized spacial score (nSPS) is 14.5. The molecule has 1 aliphatic rings. The number of carbonyl (C=O) groups excluding carboxylic acids is 1. The quantitative estimate of drug-likeness (QED) is 0.491. The van der Waals surface area contributed by atoms with Gasteiger partial charge in [-0.3, -0.25) is 14.9 Å². The highest BCUT2D eigenvalue weighted by molar-refractivity contribution is 5.95. The molecule has 1 heterocycles. The number of para-hydroxylation sites is 1. The highest BCUT2D eigenvalue weighted by Gasteiger charge is 2.24. The van der Waals surface area contributed by atoms with Gasteiger partial charge in [-0.1, -0.05) is 18.2 Å². The molecule has 3 rings (SSSR count). The molecule has 0 N–H and O–H groups in total. The fourth-order valence-corrected chi connectivity index (χ4v) is 3.00. The topological polar surface area (TPSA) is 66.7 Å². The van der Waals surface area contributed by atoms with Crippen LogP contribution in [0, 0.1) is 10.1 Å². The summed E-state index contributed by atoms with van der Waals surface area (Å²) in [5.41, 5.74) is 2.11. The summed E-state index contributed by atoms with van der Waals surface area (Å²) in [5.74, 6) is -0.168. The van der Waals surface area contributed by atoms with Gasteiger partial charge in [-0.2, -0.15) is 0 Å². The van der Waals surface area contributed by atoms with Gasteiger partial charge in [0.25, 0.3) is 5.69 Å². The Hall–Kier alpha value is -2.89. The van der Waals surface area contributed by atoms with Crippen LogP contribution in [0.1, 0.15) is 17.3 Å². The second-order valence-corrected chi connectivity index (χ2v) is 5.83. The second-order valence-electron chi connectivity index (χ2n) is 5.83. The second kappa shape index (κ2) is 6.70. The highest BCUT2D eigenvalue weighted by atomic mass is 16.6. The van der Waals surface area contributed by atoms with E-state index in [-0.39, 0.29) is 11.5 Å². The summed E-state index contributed by atoms with van der Waals surface area (Å²) >= 11 is 0. The molecule has 1 aliphatic heterocycles. The van der Waals surface area contributed by atoms with Crippen molar-refractivity contribution in [1.29, 1.82) is 0 Å². The number of anilines is 2. The summed E-state index contributed by atoms with van der Waals surface area (Å²) in [5, 5.41) is 11.4. The van der Waals surface area contributed by atoms with Crippen LogP contribution in [0.2, 0.25) is 0 Å². The first-order valence-electron chi connectivity index (χ1n) is 7.90. The lowest BCUT2D eigenvalue weighted by Crippen LogP contribution is -2.46. The molecule has 24 heavy (non-hydrogen) atoms. The Labute approximate surface area is 140 Å². The average Bonchev–Trinajstić information content (AvgIpc) is 2.62. The number of nitro benzene ring substituents is 1. The number of nitro groups is 1.